The minimum absolute atomic E-state index is 0.127. The minimum atomic E-state index is -0.343. The predicted molar refractivity (Wildman–Crippen MR) is 126 cm³/mol. The minimum Gasteiger partial charge on any atom is -0.392 e. The fraction of sp³-hybridized carbons (Fsp3) is 0.231. The number of hydrogen-bond donors (Lipinski definition) is 2. The molecular formula is C26H24N6O. The van der Waals surface area contributed by atoms with Gasteiger partial charge in [0.1, 0.15) is 12.2 Å². The van der Waals surface area contributed by atoms with Crippen LogP contribution in [0.15, 0.2) is 67.1 Å². The summed E-state index contributed by atoms with van der Waals surface area (Å²) in [6.45, 7) is 1.99. The lowest BCUT2D eigenvalue weighted by Crippen LogP contribution is -2.14. The number of rotatable bonds is 5. The molecule has 0 amide bonds. The van der Waals surface area contributed by atoms with Crippen molar-refractivity contribution >= 4 is 5.65 Å². The third-order valence-corrected chi connectivity index (χ3v) is 6.49. The molecule has 1 aromatic carbocycles. The quantitative estimate of drug-likeness (QED) is 0.432. The molecule has 2 N–H and O–H groups in total. The third-order valence-electron chi connectivity index (χ3n) is 6.49. The van der Waals surface area contributed by atoms with E-state index < -0.39 is 0 Å². The van der Waals surface area contributed by atoms with E-state index in [-0.39, 0.29) is 12.0 Å². The summed E-state index contributed by atoms with van der Waals surface area (Å²) in [7, 11) is 0. The van der Waals surface area contributed by atoms with E-state index >= 15 is 0 Å². The Morgan fingerprint density at radius 2 is 1.97 bits per heavy atom. The smallest absolute Gasteiger partial charge is 0.155 e. The fourth-order valence-corrected chi connectivity index (χ4v) is 4.87. The van der Waals surface area contributed by atoms with Crippen LogP contribution in [0.4, 0.5) is 0 Å². The highest BCUT2D eigenvalue weighted by Crippen LogP contribution is 2.37. The first kappa shape index (κ1) is 19.8. The number of nitrogens with one attached hydrogen (secondary N) is 1. The number of H-pyrrole nitrogens is 1. The third kappa shape index (κ3) is 3.60. The van der Waals surface area contributed by atoms with E-state index in [0.717, 1.165) is 59.1 Å². The number of aliphatic hydroxyl groups is 1. The molecule has 0 aliphatic heterocycles. The number of aromatic amines is 1. The van der Waals surface area contributed by atoms with E-state index in [2.05, 4.69) is 33.3 Å². The van der Waals surface area contributed by atoms with E-state index in [4.69, 9.17) is 9.97 Å². The Bertz CT molecular complexity index is 1450. The van der Waals surface area contributed by atoms with Gasteiger partial charge in [-0.15, -0.1) is 0 Å². The lowest BCUT2D eigenvalue weighted by atomic mass is 9.94. The van der Waals surface area contributed by atoms with E-state index in [1.54, 1.807) is 10.8 Å². The SMILES string of the molecule is Cc1cccc(-c2[nH]c(CC[C@@H]3c4ccccc4C[C@@H]3O)nc2-c2ccc3ncnn3c2)n1. The highest BCUT2D eigenvalue weighted by molar-refractivity contribution is 5.77. The van der Waals surface area contributed by atoms with Crippen molar-refractivity contribution in [3.63, 3.8) is 0 Å². The Labute approximate surface area is 191 Å². The predicted octanol–water partition coefficient (Wildman–Crippen LogP) is 4.12. The van der Waals surface area contributed by atoms with Crippen LogP contribution >= 0.6 is 0 Å². The number of hydrogen-bond acceptors (Lipinski definition) is 5. The van der Waals surface area contributed by atoms with Crippen molar-refractivity contribution in [2.45, 2.75) is 38.2 Å². The van der Waals surface area contributed by atoms with Gasteiger partial charge in [-0.1, -0.05) is 30.3 Å². The molecule has 0 bridgehead atoms. The van der Waals surface area contributed by atoms with Gasteiger partial charge in [0.05, 0.1) is 23.2 Å². The van der Waals surface area contributed by atoms with Crippen molar-refractivity contribution < 1.29 is 5.11 Å². The monoisotopic (exact) mass is 436 g/mol. The summed E-state index contributed by atoms with van der Waals surface area (Å²) in [6, 6.07) is 18.3. The molecule has 0 saturated carbocycles. The molecule has 1 aliphatic rings. The van der Waals surface area contributed by atoms with Crippen molar-refractivity contribution in [3.05, 3.63) is 89.8 Å². The summed E-state index contributed by atoms with van der Waals surface area (Å²) in [5.74, 6) is 1.01. The molecule has 2 atom stereocenters. The number of aliphatic hydroxyl groups excluding tert-OH is 1. The number of aromatic nitrogens is 6. The van der Waals surface area contributed by atoms with Crippen molar-refractivity contribution in [3.8, 4) is 22.6 Å². The molecule has 0 unspecified atom stereocenters. The fourth-order valence-electron chi connectivity index (χ4n) is 4.87. The first-order chi connectivity index (χ1) is 16.2. The van der Waals surface area contributed by atoms with Crippen molar-refractivity contribution in [1.82, 2.24) is 29.5 Å². The molecule has 4 heterocycles. The summed E-state index contributed by atoms with van der Waals surface area (Å²) >= 11 is 0. The molecule has 164 valence electrons. The van der Waals surface area contributed by atoms with Gasteiger partial charge in [0.25, 0.3) is 0 Å². The van der Waals surface area contributed by atoms with E-state index in [0.29, 0.717) is 0 Å². The van der Waals surface area contributed by atoms with Gasteiger partial charge in [0.15, 0.2) is 5.65 Å². The van der Waals surface area contributed by atoms with Gasteiger partial charge in [-0.25, -0.2) is 14.5 Å². The molecule has 1 aliphatic carbocycles. The van der Waals surface area contributed by atoms with Gasteiger partial charge >= 0.3 is 0 Å². The average molecular weight is 437 g/mol. The number of imidazole rings is 1. The van der Waals surface area contributed by atoms with Crippen LogP contribution in [0, 0.1) is 6.92 Å². The van der Waals surface area contributed by atoms with Gasteiger partial charge in [0, 0.05) is 29.8 Å². The van der Waals surface area contributed by atoms with Gasteiger partial charge in [-0.05, 0) is 55.2 Å². The van der Waals surface area contributed by atoms with Crippen LogP contribution in [-0.2, 0) is 12.8 Å². The number of nitrogens with zero attached hydrogens (tertiary/aromatic N) is 5. The van der Waals surface area contributed by atoms with Crippen LogP contribution in [0.5, 0.6) is 0 Å². The Morgan fingerprint density at radius 1 is 1.06 bits per heavy atom. The van der Waals surface area contributed by atoms with Crippen molar-refractivity contribution in [2.75, 3.05) is 0 Å². The van der Waals surface area contributed by atoms with E-state index in [1.165, 1.54) is 11.1 Å². The van der Waals surface area contributed by atoms with Crippen LogP contribution in [0.1, 0.15) is 35.0 Å². The summed E-state index contributed by atoms with van der Waals surface area (Å²) in [5.41, 5.74) is 7.78. The molecule has 7 heteroatoms. The lowest BCUT2D eigenvalue weighted by Gasteiger charge is -2.14. The number of fused-ring (bicyclic) bond motifs is 2. The molecule has 5 aromatic rings. The van der Waals surface area contributed by atoms with Gasteiger partial charge in [-0.2, -0.15) is 5.10 Å². The van der Waals surface area contributed by atoms with Crippen LogP contribution in [0.3, 0.4) is 0 Å². The number of benzene rings is 1. The highest BCUT2D eigenvalue weighted by atomic mass is 16.3. The zero-order chi connectivity index (χ0) is 22.4. The zero-order valence-electron chi connectivity index (χ0n) is 18.3. The summed E-state index contributed by atoms with van der Waals surface area (Å²) < 4.78 is 1.75. The molecule has 0 spiro atoms. The van der Waals surface area contributed by atoms with Crippen molar-refractivity contribution in [2.24, 2.45) is 0 Å². The number of pyridine rings is 2. The van der Waals surface area contributed by atoms with Gasteiger partial charge < -0.3 is 10.1 Å². The summed E-state index contributed by atoms with van der Waals surface area (Å²) in [5, 5.41) is 14.9. The Hall–Kier alpha value is -3.84. The van der Waals surface area contributed by atoms with Crippen LogP contribution < -0.4 is 0 Å². The Balaban J connectivity index is 1.36. The first-order valence-electron chi connectivity index (χ1n) is 11.2. The summed E-state index contributed by atoms with van der Waals surface area (Å²) in [4.78, 5) is 17.5. The summed E-state index contributed by atoms with van der Waals surface area (Å²) in [6.07, 6.45) is 5.43. The van der Waals surface area contributed by atoms with Crippen LogP contribution in [0.25, 0.3) is 28.3 Å². The molecule has 0 fully saturated rings. The highest BCUT2D eigenvalue weighted by Gasteiger charge is 2.30. The lowest BCUT2D eigenvalue weighted by molar-refractivity contribution is 0.152. The molecule has 4 aromatic heterocycles. The molecule has 0 radical (unpaired) electrons. The largest absolute Gasteiger partial charge is 0.392 e. The first-order valence-corrected chi connectivity index (χ1v) is 11.2. The molecular weight excluding hydrogens is 412 g/mol. The Kier molecular flexibility index (Phi) is 4.77. The van der Waals surface area contributed by atoms with Crippen LogP contribution in [0.2, 0.25) is 0 Å². The zero-order valence-corrected chi connectivity index (χ0v) is 18.3. The normalized spacial score (nSPS) is 17.5. The van der Waals surface area contributed by atoms with Gasteiger partial charge in [-0.3, -0.25) is 4.98 Å². The second-order valence-corrected chi connectivity index (χ2v) is 8.67. The maximum atomic E-state index is 10.7. The van der Waals surface area contributed by atoms with E-state index in [1.807, 2.05) is 49.5 Å². The standard InChI is InChI=1S/C26H24N6O/c1-16-5-4-8-21(29-16)26-25(18-9-12-24-27-15-28-32(24)14-18)30-23(31-26)11-10-20-19-7-3-2-6-17(19)13-22(20)33/h2-9,12,14-15,20,22,33H,10-11,13H2,1H3,(H,30,31)/t20-,22+/m1/s1. The van der Waals surface area contributed by atoms with E-state index in [9.17, 15) is 5.11 Å². The maximum Gasteiger partial charge on any atom is 0.155 e. The number of aryl methyl sites for hydroxylation is 2. The van der Waals surface area contributed by atoms with Crippen molar-refractivity contribution in [1.29, 1.82) is 0 Å². The molecule has 0 saturated heterocycles. The molecule has 33 heavy (non-hydrogen) atoms. The maximum absolute atomic E-state index is 10.7. The average Bonchev–Trinajstić information content (AvgIpc) is 3.53. The second-order valence-electron chi connectivity index (χ2n) is 8.67. The molecule has 7 nitrogen and oxygen atoms in total. The van der Waals surface area contributed by atoms with Gasteiger partial charge in [0.2, 0.25) is 0 Å². The van der Waals surface area contributed by atoms with Crippen LogP contribution in [-0.4, -0.2) is 40.8 Å². The second kappa shape index (κ2) is 7.94. The molecule has 6 rings (SSSR count). The topological polar surface area (TPSA) is 92.0 Å². The Morgan fingerprint density at radius 3 is 2.88 bits per heavy atom.